The van der Waals surface area contributed by atoms with Crippen LogP contribution in [0.2, 0.25) is 0 Å². The van der Waals surface area contributed by atoms with Crippen molar-refractivity contribution in [1.82, 2.24) is 0 Å². The van der Waals surface area contributed by atoms with Crippen LogP contribution in [0.5, 0.6) is 17.2 Å². The monoisotopic (exact) mass is 320 g/mol. The zero-order valence-corrected chi connectivity index (χ0v) is 13.0. The molecule has 23 heavy (non-hydrogen) atoms. The Bertz CT molecular complexity index is 643. The molecule has 0 aliphatic rings. The Kier molecular flexibility index (Phi) is 5.81. The van der Waals surface area contributed by atoms with E-state index in [2.05, 4.69) is 0 Å². The average molecular weight is 320 g/mol. The summed E-state index contributed by atoms with van der Waals surface area (Å²) in [6.45, 7) is -0.561. The van der Waals surface area contributed by atoms with Gasteiger partial charge in [0.05, 0.1) is 14.2 Å². The number of aliphatic hydroxyl groups is 2. The molecular formula is C17H20O6. The fourth-order valence-corrected chi connectivity index (χ4v) is 2.39. The molecule has 6 heteroatoms. The summed E-state index contributed by atoms with van der Waals surface area (Å²) in [5.41, 5.74) is 1.08. The first-order chi connectivity index (χ1) is 11.1. The van der Waals surface area contributed by atoms with Gasteiger partial charge < -0.3 is 29.5 Å². The minimum absolute atomic E-state index is 0.0274. The summed E-state index contributed by atoms with van der Waals surface area (Å²) in [4.78, 5) is 0. The number of ether oxygens (including phenoxy) is 3. The molecule has 2 atom stereocenters. The highest BCUT2D eigenvalue weighted by atomic mass is 16.6. The van der Waals surface area contributed by atoms with Gasteiger partial charge in [0, 0.05) is 5.56 Å². The van der Waals surface area contributed by atoms with Crippen LogP contribution in [0.15, 0.2) is 42.5 Å². The van der Waals surface area contributed by atoms with Crippen molar-refractivity contribution in [2.75, 3.05) is 21.0 Å². The molecule has 0 aliphatic heterocycles. The van der Waals surface area contributed by atoms with Crippen molar-refractivity contribution in [2.45, 2.75) is 12.2 Å². The lowest BCUT2D eigenvalue weighted by Crippen LogP contribution is -2.16. The highest BCUT2D eigenvalue weighted by Gasteiger charge is 2.27. The van der Waals surface area contributed by atoms with E-state index in [9.17, 15) is 10.2 Å². The predicted octanol–water partition coefficient (Wildman–Crippen LogP) is 2.15. The SMILES string of the molecule is COc1cc([C@H](O)[C@H](OCO)c2ccccc2OC)ccc1O. The van der Waals surface area contributed by atoms with Crippen LogP contribution < -0.4 is 9.47 Å². The number of phenolic OH excluding ortho intramolecular Hbond substituents is 1. The maximum atomic E-state index is 10.7. The molecule has 0 amide bonds. The Balaban J connectivity index is 2.40. The maximum Gasteiger partial charge on any atom is 0.160 e. The van der Waals surface area contributed by atoms with Crippen LogP contribution >= 0.6 is 0 Å². The molecule has 0 bridgehead atoms. The molecule has 2 aromatic carbocycles. The number of aromatic hydroxyl groups is 1. The second-order valence-electron chi connectivity index (χ2n) is 4.83. The summed E-state index contributed by atoms with van der Waals surface area (Å²) in [6.07, 6.45) is -1.93. The highest BCUT2D eigenvalue weighted by molar-refractivity contribution is 5.44. The predicted molar refractivity (Wildman–Crippen MR) is 83.5 cm³/mol. The van der Waals surface area contributed by atoms with Crippen LogP contribution in [0.25, 0.3) is 0 Å². The number of hydrogen-bond donors (Lipinski definition) is 3. The number of rotatable bonds is 7. The number of phenols is 1. The normalized spacial score (nSPS) is 13.4. The van der Waals surface area contributed by atoms with Crippen molar-refractivity contribution in [2.24, 2.45) is 0 Å². The van der Waals surface area contributed by atoms with Crippen LogP contribution in [-0.4, -0.2) is 36.3 Å². The van der Waals surface area contributed by atoms with E-state index in [-0.39, 0.29) is 11.5 Å². The minimum Gasteiger partial charge on any atom is -0.504 e. The Hall–Kier alpha value is -2.28. The zero-order chi connectivity index (χ0) is 16.8. The maximum absolute atomic E-state index is 10.7. The summed E-state index contributed by atoms with van der Waals surface area (Å²) < 4.78 is 15.6. The summed E-state index contributed by atoms with van der Waals surface area (Å²) in [7, 11) is 2.94. The molecule has 0 fully saturated rings. The smallest absolute Gasteiger partial charge is 0.160 e. The van der Waals surface area contributed by atoms with Gasteiger partial charge in [0.1, 0.15) is 24.8 Å². The first-order valence-electron chi connectivity index (χ1n) is 7.02. The van der Waals surface area contributed by atoms with Gasteiger partial charge in [-0.25, -0.2) is 0 Å². The van der Waals surface area contributed by atoms with Gasteiger partial charge >= 0.3 is 0 Å². The van der Waals surface area contributed by atoms with Gasteiger partial charge in [-0.3, -0.25) is 0 Å². The largest absolute Gasteiger partial charge is 0.504 e. The van der Waals surface area contributed by atoms with E-state index < -0.39 is 19.0 Å². The lowest BCUT2D eigenvalue weighted by Gasteiger charge is -2.25. The second kappa shape index (κ2) is 7.82. The molecule has 0 aliphatic carbocycles. The van der Waals surface area contributed by atoms with E-state index in [1.807, 2.05) is 0 Å². The van der Waals surface area contributed by atoms with Gasteiger partial charge in [0.25, 0.3) is 0 Å². The molecule has 6 nitrogen and oxygen atoms in total. The molecule has 0 spiro atoms. The first-order valence-corrected chi connectivity index (χ1v) is 7.02. The zero-order valence-electron chi connectivity index (χ0n) is 13.0. The van der Waals surface area contributed by atoms with E-state index in [4.69, 9.17) is 19.3 Å². The molecule has 0 heterocycles. The fourth-order valence-electron chi connectivity index (χ4n) is 2.39. The standard InChI is InChI=1S/C17H20O6/c1-21-14-6-4-3-5-12(14)17(23-10-18)16(20)11-7-8-13(19)15(9-11)22-2/h3-9,16-20H,10H2,1-2H3/t16-,17+/m0/s1. The fraction of sp³-hybridized carbons (Fsp3) is 0.294. The van der Waals surface area contributed by atoms with Crippen LogP contribution in [-0.2, 0) is 4.74 Å². The quantitative estimate of drug-likeness (QED) is 0.678. The molecule has 2 aromatic rings. The number of para-hydroxylation sites is 1. The summed E-state index contributed by atoms with van der Waals surface area (Å²) in [6, 6.07) is 11.6. The third-order valence-corrected chi connectivity index (χ3v) is 3.53. The van der Waals surface area contributed by atoms with Gasteiger partial charge in [0.15, 0.2) is 11.5 Å². The van der Waals surface area contributed by atoms with Crippen LogP contribution in [0.3, 0.4) is 0 Å². The molecule has 2 rings (SSSR count). The highest BCUT2D eigenvalue weighted by Crippen LogP contribution is 2.39. The van der Waals surface area contributed by atoms with Gasteiger partial charge in [0.2, 0.25) is 0 Å². The Labute approximate surface area is 134 Å². The Morgan fingerprint density at radius 3 is 2.35 bits per heavy atom. The van der Waals surface area contributed by atoms with Crippen LogP contribution in [0, 0.1) is 0 Å². The van der Waals surface area contributed by atoms with Crippen molar-refractivity contribution in [1.29, 1.82) is 0 Å². The molecule has 124 valence electrons. The average Bonchev–Trinajstić information content (AvgIpc) is 2.59. The van der Waals surface area contributed by atoms with Crippen molar-refractivity contribution in [3.8, 4) is 17.2 Å². The van der Waals surface area contributed by atoms with Gasteiger partial charge in [-0.1, -0.05) is 24.3 Å². The van der Waals surface area contributed by atoms with E-state index in [0.717, 1.165) is 0 Å². The van der Waals surface area contributed by atoms with Crippen molar-refractivity contribution >= 4 is 0 Å². The number of aliphatic hydroxyl groups excluding tert-OH is 2. The summed E-state index contributed by atoms with van der Waals surface area (Å²) >= 11 is 0. The third-order valence-electron chi connectivity index (χ3n) is 3.53. The van der Waals surface area contributed by atoms with Crippen LogP contribution in [0.4, 0.5) is 0 Å². The summed E-state index contributed by atoms with van der Waals surface area (Å²) in [5.74, 6) is 0.750. The lowest BCUT2D eigenvalue weighted by atomic mass is 9.97. The number of hydrogen-bond acceptors (Lipinski definition) is 6. The number of benzene rings is 2. The molecule has 3 N–H and O–H groups in total. The van der Waals surface area contributed by atoms with Crippen LogP contribution in [0.1, 0.15) is 23.3 Å². The molecule has 0 aromatic heterocycles. The van der Waals surface area contributed by atoms with E-state index in [0.29, 0.717) is 16.9 Å². The van der Waals surface area contributed by atoms with E-state index >= 15 is 0 Å². The van der Waals surface area contributed by atoms with Crippen molar-refractivity contribution < 1.29 is 29.5 Å². The Morgan fingerprint density at radius 1 is 1.00 bits per heavy atom. The first kappa shape index (κ1) is 17.1. The lowest BCUT2D eigenvalue weighted by molar-refractivity contribution is -0.103. The molecular weight excluding hydrogens is 300 g/mol. The summed E-state index contributed by atoms with van der Waals surface area (Å²) in [5, 5.41) is 29.5. The molecule has 0 radical (unpaired) electrons. The van der Waals surface area contributed by atoms with Gasteiger partial charge in [-0.15, -0.1) is 0 Å². The third kappa shape index (κ3) is 3.73. The van der Waals surface area contributed by atoms with E-state index in [1.54, 1.807) is 30.3 Å². The van der Waals surface area contributed by atoms with Crippen molar-refractivity contribution in [3.05, 3.63) is 53.6 Å². The van der Waals surface area contributed by atoms with Crippen molar-refractivity contribution in [3.63, 3.8) is 0 Å². The second-order valence-corrected chi connectivity index (χ2v) is 4.83. The molecule has 0 unspecified atom stereocenters. The minimum atomic E-state index is -1.09. The molecule has 0 saturated carbocycles. The molecule has 0 saturated heterocycles. The number of methoxy groups -OCH3 is 2. The Morgan fingerprint density at radius 2 is 1.70 bits per heavy atom. The van der Waals surface area contributed by atoms with E-state index in [1.165, 1.54) is 26.4 Å². The topological polar surface area (TPSA) is 88.4 Å². The van der Waals surface area contributed by atoms with Gasteiger partial charge in [-0.05, 0) is 23.8 Å². The van der Waals surface area contributed by atoms with Gasteiger partial charge in [-0.2, -0.15) is 0 Å².